The maximum Gasteiger partial charge on any atom is 0.123 e. The fraction of sp³-hybridized carbons (Fsp3) is 0. The molecule has 4 heteroatoms. The van der Waals surface area contributed by atoms with Crippen LogP contribution in [0.3, 0.4) is 0 Å². The van der Waals surface area contributed by atoms with E-state index in [1.165, 1.54) is 51.2 Å². The van der Waals surface area contributed by atoms with E-state index in [2.05, 4.69) is 95.6 Å². The first-order valence-corrected chi connectivity index (χ1v) is 14.3. The summed E-state index contributed by atoms with van der Waals surface area (Å²) in [7, 11) is 0. The summed E-state index contributed by atoms with van der Waals surface area (Å²) in [6.45, 7) is 0. The second-order valence-electron chi connectivity index (χ2n) is 11.0. The van der Waals surface area contributed by atoms with Crippen molar-refractivity contribution in [1.29, 1.82) is 0 Å². The number of halogens is 2. The number of pyridine rings is 1. The van der Waals surface area contributed by atoms with Gasteiger partial charge in [-0.25, -0.2) is 13.8 Å². The van der Waals surface area contributed by atoms with Gasteiger partial charge in [-0.05, 0) is 76.1 Å². The Morgan fingerprint density at radius 1 is 0.442 bits per heavy atom. The van der Waals surface area contributed by atoms with E-state index in [1.54, 1.807) is 12.1 Å². The number of hydrogen-bond acceptors (Lipinski definition) is 1. The molecule has 0 saturated carbocycles. The van der Waals surface area contributed by atoms with Crippen LogP contribution < -0.4 is 0 Å². The van der Waals surface area contributed by atoms with Crippen molar-refractivity contribution in [3.8, 4) is 16.9 Å². The van der Waals surface area contributed by atoms with Crippen molar-refractivity contribution < 1.29 is 8.78 Å². The first-order chi connectivity index (χ1) is 21.2. The van der Waals surface area contributed by atoms with Crippen LogP contribution in [0.2, 0.25) is 0 Å². The molecule has 43 heavy (non-hydrogen) atoms. The molecule has 0 radical (unpaired) electrons. The normalized spacial score (nSPS) is 12.0. The van der Waals surface area contributed by atoms with Gasteiger partial charge in [0.2, 0.25) is 0 Å². The summed E-state index contributed by atoms with van der Waals surface area (Å²) < 4.78 is 30.6. The van der Waals surface area contributed by atoms with Crippen LogP contribution in [-0.2, 0) is 0 Å². The zero-order valence-electron chi connectivity index (χ0n) is 22.9. The molecule has 202 valence electrons. The van der Waals surface area contributed by atoms with Gasteiger partial charge >= 0.3 is 0 Å². The summed E-state index contributed by atoms with van der Waals surface area (Å²) >= 11 is 0. The highest BCUT2D eigenvalue weighted by Crippen LogP contribution is 2.43. The van der Waals surface area contributed by atoms with Gasteiger partial charge in [0.05, 0.1) is 22.2 Å². The molecule has 7 aromatic carbocycles. The molecule has 0 aliphatic heterocycles. The first-order valence-electron chi connectivity index (χ1n) is 14.3. The molecule has 2 heterocycles. The smallest absolute Gasteiger partial charge is 0.123 e. The minimum atomic E-state index is -0.347. The number of aromatic nitrogens is 2. The predicted molar refractivity (Wildman–Crippen MR) is 174 cm³/mol. The molecule has 0 unspecified atom stereocenters. The van der Waals surface area contributed by atoms with Crippen molar-refractivity contribution in [2.45, 2.75) is 0 Å². The van der Waals surface area contributed by atoms with Crippen molar-refractivity contribution in [3.63, 3.8) is 0 Å². The van der Waals surface area contributed by atoms with Crippen molar-refractivity contribution in [3.05, 3.63) is 145 Å². The van der Waals surface area contributed by atoms with Gasteiger partial charge in [0.1, 0.15) is 11.6 Å². The molecule has 0 fully saturated rings. The maximum atomic E-state index is 14.3. The standard InChI is InChI=1S/C39H22F2N2/c40-24-15-19-35-32(21-24)33-22-25(41)16-20-36(33)43(35)26-17-13-23(14-18-26)39-38-30-10-4-2-8-28(30)27-7-1-3-9-29(27)37(38)31-11-5-6-12-34(31)42-39/h1-22H. The second kappa shape index (κ2) is 8.94. The van der Waals surface area contributed by atoms with Gasteiger partial charge < -0.3 is 4.57 Å². The van der Waals surface area contributed by atoms with Crippen LogP contribution >= 0.6 is 0 Å². The molecule has 0 aliphatic rings. The molecule has 0 atom stereocenters. The molecule has 0 N–H and O–H groups in total. The van der Waals surface area contributed by atoms with Crippen LogP contribution in [0.1, 0.15) is 0 Å². The average Bonchev–Trinajstić information content (AvgIpc) is 3.36. The molecule has 0 aliphatic carbocycles. The number of fused-ring (bicyclic) bond motifs is 11. The summed E-state index contributed by atoms with van der Waals surface area (Å²) in [6.07, 6.45) is 0. The van der Waals surface area contributed by atoms with Crippen LogP contribution in [0.25, 0.3) is 82.0 Å². The average molecular weight is 557 g/mol. The summed E-state index contributed by atoms with van der Waals surface area (Å²) in [6, 6.07) is 43.2. The molecular formula is C39H22F2N2. The summed E-state index contributed by atoms with van der Waals surface area (Å²) in [4.78, 5) is 5.25. The number of para-hydroxylation sites is 1. The molecule has 0 amide bonds. The van der Waals surface area contributed by atoms with Gasteiger partial charge in [0, 0.05) is 38.2 Å². The Labute approximate surface area is 245 Å². The Balaban J connectivity index is 1.34. The molecule has 2 nitrogen and oxygen atoms in total. The molecule has 0 bridgehead atoms. The van der Waals surface area contributed by atoms with Crippen molar-refractivity contribution in [1.82, 2.24) is 9.55 Å². The fourth-order valence-corrected chi connectivity index (χ4v) is 6.85. The van der Waals surface area contributed by atoms with Gasteiger partial charge in [-0.3, -0.25) is 0 Å². The lowest BCUT2D eigenvalue weighted by Gasteiger charge is -2.16. The van der Waals surface area contributed by atoms with Crippen LogP contribution in [0.5, 0.6) is 0 Å². The molecule has 0 spiro atoms. The highest BCUT2D eigenvalue weighted by atomic mass is 19.1. The van der Waals surface area contributed by atoms with Crippen LogP contribution in [0.4, 0.5) is 8.78 Å². The lowest BCUT2D eigenvalue weighted by atomic mass is 9.90. The first kappa shape index (κ1) is 24.0. The van der Waals surface area contributed by atoms with Crippen LogP contribution in [0, 0.1) is 11.6 Å². The number of hydrogen-bond donors (Lipinski definition) is 0. The van der Waals surface area contributed by atoms with Crippen molar-refractivity contribution in [2.24, 2.45) is 0 Å². The van der Waals surface area contributed by atoms with E-state index >= 15 is 0 Å². The predicted octanol–water partition coefficient (Wildman–Crippen LogP) is 10.7. The van der Waals surface area contributed by atoms with Crippen molar-refractivity contribution in [2.75, 3.05) is 0 Å². The third kappa shape index (κ3) is 3.47. The third-order valence-corrected chi connectivity index (χ3v) is 8.66. The lowest BCUT2D eigenvalue weighted by molar-refractivity contribution is 0.628. The minimum absolute atomic E-state index is 0.347. The van der Waals surface area contributed by atoms with E-state index in [0.29, 0.717) is 10.8 Å². The number of benzene rings is 7. The summed E-state index contributed by atoms with van der Waals surface area (Å²) in [5.41, 5.74) is 5.41. The summed E-state index contributed by atoms with van der Waals surface area (Å²) in [5, 5.41) is 9.61. The lowest BCUT2D eigenvalue weighted by Crippen LogP contribution is -1.95. The summed E-state index contributed by atoms with van der Waals surface area (Å²) in [5.74, 6) is -0.694. The van der Waals surface area contributed by atoms with Gasteiger partial charge in [0.25, 0.3) is 0 Å². The largest absolute Gasteiger partial charge is 0.309 e. The SMILES string of the molecule is Fc1ccc2c(c1)c1cc(F)ccc1n2-c1ccc(-c2nc3ccccc3c3c4ccccc4c4ccccc4c23)cc1. The van der Waals surface area contributed by atoms with Gasteiger partial charge in [-0.15, -0.1) is 0 Å². The minimum Gasteiger partial charge on any atom is -0.309 e. The topological polar surface area (TPSA) is 17.8 Å². The number of nitrogens with zero attached hydrogens (tertiary/aromatic N) is 2. The van der Waals surface area contributed by atoms with Gasteiger partial charge in [0.15, 0.2) is 0 Å². The van der Waals surface area contributed by atoms with Crippen molar-refractivity contribution >= 4 is 65.0 Å². The van der Waals surface area contributed by atoms with Crippen LogP contribution in [0.15, 0.2) is 133 Å². The molecule has 9 aromatic rings. The van der Waals surface area contributed by atoms with E-state index in [-0.39, 0.29) is 11.6 Å². The Kier molecular flexibility index (Phi) is 5.00. The van der Waals surface area contributed by atoms with Gasteiger partial charge in [-0.2, -0.15) is 0 Å². The Morgan fingerprint density at radius 3 is 1.56 bits per heavy atom. The zero-order chi connectivity index (χ0) is 28.7. The quantitative estimate of drug-likeness (QED) is 0.194. The fourth-order valence-electron chi connectivity index (χ4n) is 6.85. The monoisotopic (exact) mass is 556 g/mol. The van der Waals surface area contributed by atoms with E-state index in [9.17, 15) is 8.78 Å². The highest BCUT2D eigenvalue weighted by molar-refractivity contribution is 6.33. The second-order valence-corrected chi connectivity index (χ2v) is 11.0. The van der Waals surface area contributed by atoms with E-state index < -0.39 is 0 Å². The van der Waals surface area contributed by atoms with E-state index in [1.807, 2.05) is 6.07 Å². The molecule has 0 saturated heterocycles. The van der Waals surface area contributed by atoms with E-state index in [4.69, 9.17) is 4.98 Å². The molecule has 9 rings (SSSR count). The van der Waals surface area contributed by atoms with Gasteiger partial charge in [-0.1, -0.05) is 78.9 Å². The van der Waals surface area contributed by atoms with E-state index in [0.717, 1.165) is 44.3 Å². The molecule has 2 aromatic heterocycles. The zero-order valence-corrected chi connectivity index (χ0v) is 22.9. The third-order valence-electron chi connectivity index (χ3n) is 8.66. The Bertz CT molecular complexity index is 2520. The maximum absolute atomic E-state index is 14.3. The number of rotatable bonds is 2. The van der Waals surface area contributed by atoms with Crippen LogP contribution in [-0.4, -0.2) is 9.55 Å². The Hall–Kier alpha value is -5.61. The Morgan fingerprint density at radius 2 is 0.953 bits per heavy atom. The molecular weight excluding hydrogens is 534 g/mol. The highest BCUT2D eigenvalue weighted by Gasteiger charge is 2.18.